The lowest BCUT2D eigenvalue weighted by molar-refractivity contribution is -0.140. The topological polar surface area (TPSA) is 87.4 Å². The van der Waals surface area contributed by atoms with Crippen molar-refractivity contribution in [3.05, 3.63) is 68.5 Å². The van der Waals surface area contributed by atoms with E-state index in [0.717, 1.165) is 10.1 Å². The van der Waals surface area contributed by atoms with Gasteiger partial charge in [0.1, 0.15) is 0 Å². The maximum Gasteiger partial charge on any atom is 0.331 e. The van der Waals surface area contributed by atoms with Gasteiger partial charge in [-0.15, -0.1) is 0 Å². The summed E-state index contributed by atoms with van der Waals surface area (Å²) in [5.74, 6) is -0.916. The van der Waals surface area contributed by atoms with Gasteiger partial charge < -0.3 is 4.74 Å². The van der Waals surface area contributed by atoms with Crippen molar-refractivity contribution in [2.75, 3.05) is 7.11 Å². The normalized spacial score (nSPS) is 10.4. The van der Waals surface area contributed by atoms with E-state index in [2.05, 4.69) is 4.74 Å². The fourth-order valence-electron chi connectivity index (χ4n) is 2.27. The van der Waals surface area contributed by atoms with Gasteiger partial charge in [0.25, 0.3) is 5.56 Å². The average Bonchev–Trinajstić information content (AvgIpc) is 2.58. The number of nitrogens with zero attached hydrogens (tertiary/aromatic N) is 2. The van der Waals surface area contributed by atoms with Gasteiger partial charge >= 0.3 is 11.7 Å². The molecule has 0 aliphatic heterocycles. The maximum atomic E-state index is 12.5. The summed E-state index contributed by atoms with van der Waals surface area (Å²) in [7, 11) is 1.25. The van der Waals surface area contributed by atoms with E-state index in [-0.39, 0.29) is 25.1 Å². The van der Waals surface area contributed by atoms with E-state index in [1.54, 1.807) is 24.3 Å². The highest BCUT2D eigenvalue weighted by molar-refractivity contribution is 5.93. The second kappa shape index (κ2) is 7.54. The molecular formula is C17H18N2O5. The lowest BCUT2D eigenvalue weighted by Crippen LogP contribution is -2.42. The number of ether oxygens (including phenoxy) is 1. The highest BCUT2D eigenvalue weighted by Gasteiger charge is 2.15. The van der Waals surface area contributed by atoms with Crippen LogP contribution in [0.25, 0.3) is 0 Å². The highest BCUT2D eigenvalue weighted by atomic mass is 16.5. The lowest BCUT2D eigenvalue weighted by Gasteiger charge is -2.12. The number of aryl methyl sites for hydroxylation is 1. The van der Waals surface area contributed by atoms with Crippen molar-refractivity contribution in [3.8, 4) is 0 Å². The molecular weight excluding hydrogens is 312 g/mol. The van der Waals surface area contributed by atoms with Crippen LogP contribution in [0.2, 0.25) is 0 Å². The minimum absolute atomic E-state index is 0.0286. The van der Waals surface area contributed by atoms with Gasteiger partial charge in [-0.1, -0.05) is 30.3 Å². The molecule has 0 fully saturated rings. The number of hydrogen-bond acceptors (Lipinski definition) is 5. The van der Waals surface area contributed by atoms with E-state index in [4.69, 9.17) is 0 Å². The fraction of sp³-hybridized carbons (Fsp3) is 0.294. The summed E-state index contributed by atoms with van der Waals surface area (Å²) >= 11 is 0. The molecule has 1 aromatic heterocycles. The van der Waals surface area contributed by atoms with E-state index in [1.807, 2.05) is 6.07 Å². The van der Waals surface area contributed by atoms with E-state index >= 15 is 0 Å². The van der Waals surface area contributed by atoms with Crippen LogP contribution >= 0.6 is 0 Å². The van der Waals surface area contributed by atoms with Crippen LogP contribution in [0.4, 0.5) is 0 Å². The van der Waals surface area contributed by atoms with Gasteiger partial charge in [0.05, 0.1) is 25.6 Å². The molecule has 0 unspecified atom stereocenters. The molecule has 24 heavy (non-hydrogen) atoms. The Morgan fingerprint density at radius 2 is 1.79 bits per heavy atom. The van der Waals surface area contributed by atoms with Crippen LogP contribution in [0, 0.1) is 0 Å². The monoisotopic (exact) mass is 330 g/mol. The van der Waals surface area contributed by atoms with Crippen LogP contribution in [-0.2, 0) is 22.6 Å². The van der Waals surface area contributed by atoms with Crippen molar-refractivity contribution in [1.29, 1.82) is 0 Å². The Morgan fingerprint density at radius 1 is 1.12 bits per heavy atom. The van der Waals surface area contributed by atoms with E-state index in [1.165, 1.54) is 24.8 Å². The predicted octanol–water partition coefficient (Wildman–Crippen LogP) is 0.824. The number of carbonyl (C=O) groups is 2. The molecule has 2 rings (SSSR count). The molecule has 7 nitrogen and oxygen atoms in total. The van der Waals surface area contributed by atoms with Crippen molar-refractivity contribution < 1.29 is 14.3 Å². The number of rotatable bonds is 6. The molecule has 0 atom stereocenters. The second-order valence-corrected chi connectivity index (χ2v) is 5.28. The minimum Gasteiger partial charge on any atom is -0.469 e. The molecule has 126 valence electrons. The van der Waals surface area contributed by atoms with E-state index < -0.39 is 23.0 Å². The van der Waals surface area contributed by atoms with Crippen LogP contribution in [0.5, 0.6) is 0 Å². The Hall–Kier alpha value is -2.96. The largest absolute Gasteiger partial charge is 0.469 e. The van der Waals surface area contributed by atoms with Gasteiger partial charge in [0.2, 0.25) is 0 Å². The van der Waals surface area contributed by atoms with Crippen LogP contribution in [-0.4, -0.2) is 28.0 Å². The molecule has 0 aliphatic carbocycles. The molecule has 0 saturated carbocycles. The number of aromatic nitrogens is 2. The summed E-state index contributed by atoms with van der Waals surface area (Å²) in [4.78, 5) is 47.9. The smallest absolute Gasteiger partial charge is 0.331 e. The first-order valence-electron chi connectivity index (χ1n) is 7.40. The first kappa shape index (κ1) is 17.4. The third kappa shape index (κ3) is 3.87. The zero-order chi connectivity index (χ0) is 17.7. The number of methoxy groups -OCH3 is 1. The number of hydrogen-bond donors (Lipinski definition) is 0. The first-order valence-corrected chi connectivity index (χ1v) is 7.40. The summed E-state index contributed by atoms with van der Waals surface area (Å²) in [6, 6.07) is 8.99. The molecule has 0 spiro atoms. The minimum atomic E-state index is -0.634. The summed E-state index contributed by atoms with van der Waals surface area (Å²) in [6.45, 7) is 1.34. The Bertz CT molecular complexity index is 865. The molecule has 1 heterocycles. The van der Waals surface area contributed by atoms with Crippen LogP contribution < -0.4 is 11.2 Å². The SMILES string of the molecule is COC(=O)CCn1cc(C(C)=O)c(=O)n(Cc2ccccc2)c1=O. The molecule has 2 aromatic rings. The average molecular weight is 330 g/mol. The third-order valence-electron chi connectivity index (χ3n) is 3.58. The zero-order valence-electron chi connectivity index (χ0n) is 13.5. The van der Waals surface area contributed by atoms with E-state index in [0.29, 0.717) is 0 Å². The fourth-order valence-corrected chi connectivity index (χ4v) is 2.27. The molecule has 0 N–H and O–H groups in total. The molecule has 1 aromatic carbocycles. The number of esters is 1. The second-order valence-electron chi connectivity index (χ2n) is 5.28. The van der Waals surface area contributed by atoms with Crippen molar-refractivity contribution in [2.45, 2.75) is 26.4 Å². The molecule has 0 amide bonds. The van der Waals surface area contributed by atoms with Gasteiger partial charge in [0.15, 0.2) is 5.78 Å². The van der Waals surface area contributed by atoms with Gasteiger partial charge in [-0.25, -0.2) is 4.79 Å². The van der Waals surface area contributed by atoms with Crippen LogP contribution in [0.3, 0.4) is 0 Å². The Labute approximate surface area is 138 Å². The van der Waals surface area contributed by atoms with E-state index in [9.17, 15) is 19.2 Å². The standard InChI is InChI=1S/C17H18N2O5/c1-12(20)14-11-18(9-8-15(21)24-2)17(23)19(16(14)22)10-13-6-4-3-5-7-13/h3-7,11H,8-10H2,1-2H3. The lowest BCUT2D eigenvalue weighted by atomic mass is 10.2. The number of Topliss-reactive ketones (excluding diaryl/α,β-unsaturated/α-hetero) is 1. The maximum absolute atomic E-state index is 12.5. The molecule has 0 bridgehead atoms. The summed E-state index contributed by atoms with van der Waals surface area (Å²) in [6.07, 6.45) is 1.18. The van der Waals surface area contributed by atoms with Crippen molar-refractivity contribution >= 4 is 11.8 Å². The third-order valence-corrected chi connectivity index (χ3v) is 3.58. The van der Waals surface area contributed by atoms with Crippen molar-refractivity contribution in [3.63, 3.8) is 0 Å². The molecule has 0 radical (unpaired) electrons. The molecule has 0 aliphatic rings. The first-order chi connectivity index (χ1) is 11.4. The zero-order valence-corrected chi connectivity index (χ0v) is 13.5. The summed E-state index contributed by atoms with van der Waals surface area (Å²) in [5, 5.41) is 0. The van der Waals surface area contributed by atoms with Crippen LogP contribution in [0.1, 0.15) is 29.3 Å². The Kier molecular flexibility index (Phi) is 5.47. The van der Waals surface area contributed by atoms with Gasteiger partial charge in [-0.3, -0.25) is 23.5 Å². The van der Waals surface area contributed by atoms with Gasteiger partial charge in [-0.2, -0.15) is 0 Å². The number of benzene rings is 1. The Morgan fingerprint density at radius 3 is 2.38 bits per heavy atom. The van der Waals surface area contributed by atoms with Crippen molar-refractivity contribution in [2.24, 2.45) is 0 Å². The van der Waals surface area contributed by atoms with Crippen molar-refractivity contribution in [1.82, 2.24) is 9.13 Å². The molecule has 0 saturated heterocycles. The predicted molar refractivity (Wildman–Crippen MR) is 87.1 cm³/mol. The van der Waals surface area contributed by atoms with Crippen LogP contribution in [0.15, 0.2) is 46.1 Å². The molecule has 7 heteroatoms. The Balaban J connectivity index is 2.49. The quantitative estimate of drug-likeness (QED) is 0.578. The number of carbonyl (C=O) groups excluding carboxylic acids is 2. The highest BCUT2D eigenvalue weighted by Crippen LogP contribution is 2.01. The summed E-state index contributed by atoms with van der Waals surface area (Å²) < 4.78 is 6.75. The van der Waals surface area contributed by atoms with Gasteiger partial charge in [0, 0.05) is 12.7 Å². The number of ketones is 1. The summed E-state index contributed by atoms with van der Waals surface area (Å²) in [5.41, 5.74) is -0.532. The van der Waals surface area contributed by atoms with Gasteiger partial charge in [-0.05, 0) is 12.5 Å².